The van der Waals surface area contributed by atoms with Gasteiger partial charge in [-0.05, 0) is 74.4 Å². The number of hydrogen-bond donors (Lipinski definition) is 1. The van der Waals surface area contributed by atoms with Crippen molar-refractivity contribution >= 4 is 16.7 Å². The number of H-pyrrole nitrogens is 1. The lowest BCUT2D eigenvalue weighted by Crippen LogP contribution is -2.42. The van der Waals surface area contributed by atoms with Gasteiger partial charge in [0.15, 0.2) is 11.4 Å². The molecule has 1 atom stereocenters. The highest BCUT2D eigenvalue weighted by Crippen LogP contribution is 2.33. The Kier molecular flexibility index (Phi) is 5.82. The van der Waals surface area contributed by atoms with Crippen LogP contribution < -0.4 is 10.4 Å². The molecular weight excluding hydrogens is 444 g/mol. The summed E-state index contributed by atoms with van der Waals surface area (Å²) in [5.41, 5.74) is 5.58. The predicted octanol–water partition coefficient (Wildman–Crippen LogP) is 3.42. The van der Waals surface area contributed by atoms with Gasteiger partial charge in [-0.1, -0.05) is 0 Å². The lowest BCUT2D eigenvalue weighted by molar-refractivity contribution is 0.0459. The third-order valence-corrected chi connectivity index (χ3v) is 7.64. The van der Waals surface area contributed by atoms with Crippen LogP contribution in [0, 0.1) is 12.8 Å². The molecule has 0 amide bonds. The molecule has 6 rings (SSSR count). The van der Waals surface area contributed by atoms with Crippen LogP contribution in [0.4, 0.5) is 0 Å². The van der Waals surface area contributed by atoms with Crippen LogP contribution >= 0.6 is 0 Å². The molecule has 2 saturated heterocycles. The minimum absolute atomic E-state index is 0.0289. The summed E-state index contributed by atoms with van der Waals surface area (Å²) < 4.78 is 14.8. The van der Waals surface area contributed by atoms with Crippen molar-refractivity contribution in [3.63, 3.8) is 0 Å². The molecule has 9 nitrogen and oxygen atoms in total. The van der Waals surface area contributed by atoms with Crippen LogP contribution in [-0.2, 0) is 4.74 Å². The van der Waals surface area contributed by atoms with E-state index in [2.05, 4.69) is 39.0 Å². The van der Waals surface area contributed by atoms with E-state index in [9.17, 15) is 4.79 Å². The van der Waals surface area contributed by atoms with Crippen molar-refractivity contribution in [1.29, 1.82) is 0 Å². The van der Waals surface area contributed by atoms with Crippen molar-refractivity contribution in [2.75, 3.05) is 40.0 Å². The molecule has 2 fully saturated rings. The standard InChI is InChI=1S/C26H32N6O3/c1-17-10-23-22(12-21(17)19-11-24(34-2)25-27-16-28-31(25)14-19)29-26(33)32(23)20-4-3-7-30(15-20)13-18-5-8-35-9-6-18/h10-12,14,16,18,20H,3-9,13,15H2,1-2H3,(H,29,33). The molecule has 0 spiro atoms. The first-order chi connectivity index (χ1) is 17.1. The number of benzene rings is 1. The Balaban J connectivity index is 1.33. The zero-order chi connectivity index (χ0) is 23.9. The molecule has 9 heteroatoms. The van der Waals surface area contributed by atoms with Crippen molar-refractivity contribution < 1.29 is 9.47 Å². The lowest BCUT2D eigenvalue weighted by Gasteiger charge is -2.36. The van der Waals surface area contributed by atoms with E-state index in [1.54, 1.807) is 11.6 Å². The number of ether oxygens (including phenoxy) is 2. The van der Waals surface area contributed by atoms with Crippen molar-refractivity contribution in [2.24, 2.45) is 5.92 Å². The van der Waals surface area contributed by atoms with Crippen LogP contribution in [0.25, 0.3) is 27.8 Å². The SMILES string of the molecule is COc1cc(-c2cc3[nH]c(=O)n(C4CCCN(CC5CCOCC5)C4)c3cc2C)cn2ncnc12. The fourth-order valence-corrected chi connectivity index (χ4v) is 5.85. The fraction of sp³-hybridized carbons (Fsp3) is 0.500. The van der Waals surface area contributed by atoms with Crippen molar-refractivity contribution in [2.45, 2.75) is 38.6 Å². The van der Waals surface area contributed by atoms with Gasteiger partial charge >= 0.3 is 5.69 Å². The van der Waals surface area contributed by atoms with Gasteiger partial charge in [0, 0.05) is 38.1 Å². The van der Waals surface area contributed by atoms with Gasteiger partial charge in [-0.15, -0.1) is 0 Å². The molecule has 184 valence electrons. The number of piperidine rings is 1. The third kappa shape index (κ3) is 4.12. The Bertz CT molecular complexity index is 1410. The number of imidazole rings is 1. The van der Waals surface area contributed by atoms with Gasteiger partial charge in [-0.2, -0.15) is 5.10 Å². The number of fused-ring (bicyclic) bond motifs is 2. The third-order valence-electron chi connectivity index (χ3n) is 7.64. The number of likely N-dealkylation sites (tertiary alicyclic amines) is 1. The van der Waals surface area contributed by atoms with Gasteiger partial charge in [0.2, 0.25) is 0 Å². The lowest BCUT2D eigenvalue weighted by atomic mass is 9.97. The van der Waals surface area contributed by atoms with Crippen LogP contribution in [-0.4, -0.2) is 69.0 Å². The molecule has 3 aromatic heterocycles. The minimum Gasteiger partial charge on any atom is -0.493 e. The molecule has 1 N–H and O–H groups in total. The van der Waals surface area contributed by atoms with Crippen LogP contribution in [0.5, 0.6) is 5.75 Å². The number of aryl methyl sites for hydroxylation is 1. The van der Waals surface area contributed by atoms with Gasteiger partial charge < -0.3 is 19.4 Å². The normalized spacial score (nSPS) is 20.1. The van der Waals surface area contributed by atoms with Crippen LogP contribution in [0.2, 0.25) is 0 Å². The highest BCUT2D eigenvalue weighted by atomic mass is 16.5. The van der Waals surface area contributed by atoms with Crippen LogP contribution in [0.3, 0.4) is 0 Å². The number of nitrogens with zero attached hydrogens (tertiary/aromatic N) is 5. The summed E-state index contributed by atoms with van der Waals surface area (Å²) in [6.07, 6.45) is 7.89. The Morgan fingerprint density at radius 3 is 2.89 bits per heavy atom. The Hall–Kier alpha value is -3.17. The van der Waals surface area contributed by atoms with Gasteiger partial charge in [-0.3, -0.25) is 4.57 Å². The Labute approximate surface area is 203 Å². The van der Waals surface area contributed by atoms with Crippen LogP contribution in [0.15, 0.2) is 35.5 Å². The van der Waals surface area contributed by atoms with Crippen LogP contribution in [0.1, 0.15) is 37.3 Å². The van der Waals surface area contributed by atoms with E-state index >= 15 is 0 Å². The summed E-state index contributed by atoms with van der Waals surface area (Å²) >= 11 is 0. The van der Waals surface area contributed by atoms with Gasteiger partial charge in [-0.25, -0.2) is 14.3 Å². The average Bonchev–Trinajstić information content (AvgIpc) is 3.47. The quantitative estimate of drug-likeness (QED) is 0.475. The summed E-state index contributed by atoms with van der Waals surface area (Å²) in [6.45, 7) is 6.98. The number of methoxy groups -OCH3 is 1. The monoisotopic (exact) mass is 476 g/mol. The Morgan fingerprint density at radius 2 is 2.06 bits per heavy atom. The molecule has 0 radical (unpaired) electrons. The van der Waals surface area contributed by atoms with E-state index in [1.165, 1.54) is 6.33 Å². The predicted molar refractivity (Wildman–Crippen MR) is 134 cm³/mol. The maximum absolute atomic E-state index is 13.2. The molecular formula is C26H32N6O3. The van der Waals surface area contributed by atoms with Crippen molar-refractivity contribution in [1.82, 2.24) is 29.0 Å². The largest absolute Gasteiger partial charge is 0.493 e. The van der Waals surface area contributed by atoms with Gasteiger partial charge in [0.25, 0.3) is 0 Å². The molecule has 2 aliphatic heterocycles. The van der Waals surface area contributed by atoms with E-state index < -0.39 is 0 Å². The smallest absolute Gasteiger partial charge is 0.326 e. The first-order valence-corrected chi connectivity index (χ1v) is 12.5. The number of nitrogens with one attached hydrogen (secondary N) is 1. The average molecular weight is 477 g/mol. The summed E-state index contributed by atoms with van der Waals surface area (Å²) in [5.74, 6) is 1.36. The summed E-state index contributed by atoms with van der Waals surface area (Å²) in [7, 11) is 1.64. The first kappa shape index (κ1) is 22.3. The zero-order valence-corrected chi connectivity index (χ0v) is 20.4. The minimum atomic E-state index is -0.0289. The maximum atomic E-state index is 13.2. The second kappa shape index (κ2) is 9.13. The van der Waals surface area contributed by atoms with E-state index in [0.717, 1.165) is 86.3 Å². The van der Waals surface area contributed by atoms with E-state index in [4.69, 9.17) is 9.47 Å². The molecule has 0 bridgehead atoms. The number of pyridine rings is 1. The molecule has 4 aromatic rings. The molecule has 1 aromatic carbocycles. The molecule has 5 heterocycles. The second-order valence-electron chi connectivity index (χ2n) is 9.92. The topological polar surface area (TPSA) is 89.7 Å². The Morgan fingerprint density at radius 1 is 1.20 bits per heavy atom. The number of aromatic nitrogens is 5. The molecule has 1 unspecified atom stereocenters. The number of aromatic amines is 1. The van der Waals surface area contributed by atoms with Gasteiger partial charge in [0.1, 0.15) is 6.33 Å². The highest BCUT2D eigenvalue weighted by molar-refractivity contribution is 5.85. The summed E-state index contributed by atoms with van der Waals surface area (Å²) in [6, 6.07) is 6.37. The fourth-order valence-electron chi connectivity index (χ4n) is 5.85. The van der Waals surface area contributed by atoms with Gasteiger partial charge in [0.05, 0.1) is 24.2 Å². The van der Waals surface area contributed by atoms with E-state index in [-0.39, 0.29) is 11.7 Å². The molecule has 0 saturated carbocycles. The highest BCUT2D eigenvalue weighted by Gasteiger charge is 2.27. The zero-order valence-electron chi connectivity index (χ0n) is 20.4. The van der Waals surface area contributed by atoms with E-state index in [0.29, 0.717) is 17.3 Å². The van der Waals surface area contributed by atoms with Crippen molar-refractivity contribution in [3.05, 3.63) is 46.8 Å². The summed E-state index contributed by atoms with van der Waals surface area (Å²) in [5, 5.41) is 4.29. The molecule has 2 aliphatic rings. The summed E-state index contributed by atoms with van der Waals surface area (Å²) in [4.78, 5) is 23.1. The molecule has 35 heavy (non-hydrogen) atoms. The van der Waals surface area contributed by atoms with Crippen molar-refractivity contribution in [3.8, 4) is 16.9 Å². The first-order valence-electron chi connectivity index (χ1n) is 12.5. The maximum Gasteiger partial charge on any atom is 0.326 e. The van der Waals surface area contributed by atoms with E-state index in [1.807, 2.05) is 16.8 Å². The number of hydrogen-bond acceptors (Lipinski definition) is 6. The second-order valence-corrected chi connectivity index (χ2v) is 9.92. The molecule has 0 aliphatic carbocycles. The number of rotatable bonds is 5.